The van der Waals surface area contributed by atoms with Gasteiger partial charge in [-0.3, -0.25) is 14.6 Å². The molecule has 1 aliphatic heterocycles. The third-order valence-electron chi connectivity index (χ3n) is 5.56. The molecule has 4 rings (SSSR count). The molecule has 1 fully saturated rings. The zero-order chi connectivity index (χ0) is 19.9. The molecule has 0 atom stereocenters. The molecule has 5 nitrogen and oxygen atoms in total. The molecule has 0 unspecified atom stereocenters. The molecule has 1 aliphatic rings. The number of hydrogen-bond donors (Lipinski definition) is 2. The summed E-state index contributed by atoms with van der Waals surface area (Å²) in [5.74, 6) is -0.0399. The lowest BCUT2D eigenvalue weighted by Crippen LogP contribution is -2.49. The Hall–Kier alpha value is -2.89. The van der Waals surface area contributed by atoms with Gasteiger partial charge in [-0.1, -0.05) is 60.7 Å². The van der Waals surface area contributed by atoms with Gasteiger partial charge in [0.25, 0.3) is 5.91 Å². The molecule has 0 radical (unpaired) electrons. The van der Waals surface area contributed by atoms with Crippen molar-refractivity contribution in [1.82, 2.24) is 20.1 Å². The van der Waals surface area contributed by atoms with Crippen LogP contribution in [-0.2, 0) is 0 Å². The van der Waals surface area contributed by atoms with Crippen molar-refractivity contribution in [2.75, 3.05) is 39.3 Å². The standard InChI is InChI=1S/C24H28N4O/c29-24(22-12-7-13-25-22)26-14-15-27-16-18-28(19-17-27)23(20-8-3-1-4-9-20)21-10-5-2-6-11-21/h1-13,23,25H,14-19H2,(H,26,29). The second-order valence-electron chi connectivity index (χ2n) is 7.44. The lowest BCUT2D eigenvalue weighted by molar-refractivity contribution is 0.0917. The molecule has 0 aliphatic carbocycles. The monoisotopic (exact) mass is 388 g/mol. The van der Waals surface area contributed by atoms with Crippen molar-refractivity contribution in [3.63, 3.8) is 0 Å². The summed E-state index contributed by atoms with van der Waals surface area (Å²) in [6.45, 7) is 5.58. The topological polar surface area (TPSA) is 51.4 Å². The second kappa shape index (κ2) is 9.54. The highest BCUT2D eigenvalue weighted by Gasteiger charge is 2.26. The third kappa shape index (κ3) is 4.94. The summed E-state index contributed by atoms with van der Waals surface area (Å²) in [4.78, 5) is 20.0. The average Bonchev–Trinajstić information content (AvgIpc) is 3.32. The first-order valence-corrected chi connectivity index (χ1v) is 10.3. The lowest BCUT2D eigenvalue weighted by atomic mass is 9.96. The van der Waals surface area contributed by atoms with Crippen molar-refractivity contribution in [1.29, 1.82) is 0 Å². The smallest absolute Gasteiger partial charge is 0.267 e. The summed E-state index contributed by atoms with van der Waals surface area (Å²) in [5, 5.41) is 2.99. The van der Waals surface area contributed by atoms with E-state index in [1.54, 1.807) is 12.3 Å². The molecular weight excluding hydrogens is 360 g/mol. The number of rotatable bonds is 7. The van der Waals surface area contributed by atoms with E-state index in [4.69, 9.17) is 0 Å². The molecule has 0 saturated carbocycles. The van der Waals surface area contributed by atoms with Crippen LogP contribution in [0.2, 0.25) is 0 Å². The summed E-state index contributed by atoms with van der Waals surface area (Å²) in [7, 11) is 0. The van der Waals surface area contributed by atoms with Crippen molar-refractivity contribution in [2.45, 2.75) is 6.04 Å². The summed E-state index contributed by atoms with van der Waals surface area (Å²) in [6.07, 6.45) is 1.77. The van der Waals surface area contributed by atoms with Gasteiger partial charge >= 0.3 is 0 Å². The van der Waals surface area contributed by atoms with Crippen molar-refractivity contribution in [3.05, 3.63) is 95.8 Å². The Morgan fingerprint density at radius 3 is 2.03 bits per heavy atom. The highest BCUT2D eigenvalue weighted by Crippen LogP contribution is 2.29. The first-order chi connectivity index (χ1) is 14.3. The average molecular weight is 389 g/mol. The maximum atomic E-state index is 12.0. The van der Waals surface area contributed by atoms with E-state index in [2.05, 4.69) is 80.8 Å². The van der Waals surface area contributed by atoms with Crippen LogP contribution in [0.4, 0.5) is 0 Å². The van der Waals surface area contributed by atoms with Crippen LogP contribution in [-0.4, -0.2) is 60.0 Å². The van der Waals surface area contributed by atoms with E-state index >= 15 is 0 Å². The van der Waals surface area contributed by atoms with E-state index in [1.165, 1.54) is 11.1 Å². The predicted octanol–water partition coefficient (Wildman–Crippen LogP) is 3.15. The SMILES string of the molecule is O=C(NCCN1CCN(C(c2ccccc2)c2ccccc2)CC1)c1ccc[nH]1. The van der Waals surface area contributed by atoms with Crippen molar-refractivity contribution < 1.29 is 4.79 Å². The van der Waals surface area contributed by atoms with Gasteiger partial charge in [-0.2, -0.15) is 0 Å². The van der Waals surface area contributed by atoms with Gasteiger partial charge in [-0.15, -0.1) is 0 Å². The van der Waals surface area contributed by atoms with E-state index in [0.717, 1.165) is 32.7 Å². The van der Waals surface area contributed by atoms with E-state index in [-0.39, 0.29) is 11.9 Å². The summed E-state index contributed by atoms with van der Waals surface area (Å²) >= 11 is 0. The second-order valence-corrected chi connectivity index (χ2v) is 7.44. The van der Waals surface area contributed by atoms with Crippen LogP contribution >= 0.6 is 0 Å². The van der Waals surface area contributed by atoms with E-state index in [0.29, 0.717) is 12.2 Å². The minimum absolute atomic E-state index is 0.0399. The molecule has 2 heterocycles. The highest BCUT2D eigenvalue weighted by atomic mass is 16.1. The normalized spacial score (nSPS) is 15.5. The molecule has 2 N–H and O–H groups in total. The molecule has 29 heavy (non-hydrogen) atoms. The summed E-state index contributed by atoms with van der Waals surface area (Å²) < 4.78 is 0. The number of amides is 1. The number of piperazine rings is 1. The third-order valence-corrected chi connectivity index (χ3v) is 5.56. The fourth-order valence-electron chi connectivity index (χ4n) is 4.02. The number of hydrogen-bond acceptors (Lipinski definition) is 3. The van der Waals surface area contributed by atoms with Crippen molar-refractivity contribution in [3.8, 4) is 0 Å². The number of nitrogens with one attached hydrogen (secondary N) is 2. The number of aromatic amines is 1. The minimum atomic E-state index is -0.0399. The quantitative estimate of drug-likeness (QED) is 0.654. The van der Waals surface area contributed by atoms with Gasteiger partial charge < -0.3 is 10.3 Å². The molecular formula is C24H28N4O. The van der Waals surface area contributed by atoms with Gasteiger partial charge in [-0.05, 0) is 23.3 Å². The van der Waals surface area contributed by atoms with E-state index in [1.807, 2.05) is 6.07 Å². The van der Waals surface area contributed by atoms with Crippen LogP contribution in [0.1, 0.15) is 27.7 Å². The van der Waals surface area contributed by atoms with Gasteiger partial charge in [0.1, 0.15) is 5.69 Å². The first kappa shape index (κ1) is 19.4. The largest absolute Gasteiger partial charge is 0.357 e. The molecule has 5 heteroatoms. The molecule has 1 aromatic heterocycles. The molecule has 0 bridgehead atoms. The number of nitrogens with zero attached hydrogens (tertiary/aromatic N) is 2. The van der Waals surface area contributed by atoms with Crippen LogP contribution in [0, 0.1) is 0 Å². The fraction of sp³-hybridized carbons (Fsp3) is 0.292. The lowest BCUT2D eigenvalue weighted by Gasteiger charge is -2.39. The van der Waals surface area contributed by atoms with Crippen LogP contribution in [0.25, 0.3) is 0 Å². The minimum Gasteiger partial charge on any atom is -0.357 e. The van der Waals surface area contributed by atoms with Crippen molar-refractivity contribution >= 4 is 5.91 Å². The molecule has 3 aromatic rings. The molecule has 1 saturated heterocycles. The molecule has 0 spiro atoms. The Labute approximate surface area is 172 Å². The highest BCUT2D eigenvalue weighted by molar-refractivity contribution is 5.92. The molecule has 150 valence electrons. The Kier molecular flexibility index (Phi) is 6.39. The fourth-order valence-corrected chi connectivity index (χ4v) is 4.02. The van der Waals surface area contributed by atoms with E-state index in [9.17, 15) is 4.79 Å². The predicted molar refractivity (Wildman–Crippen MR) is 116 cm³/mol. The number of benzene rings is 2. The van der Waals surface area contributed by atoms with Gasteiger partial charge in [0.2, 0.25) is 0 Å². The number of aromatic nitrogens is 1. The van der Waals surface area contributed by atoms with Crippen LogP contribution in [0.5, 0.6) is 0 Å². The number of carbonyl (C=O) groups is 1. The Morgan fingerprint density at radius 1 is 0.862 bits per heavy atom. The summed E-state index contributed by atoms with van der Waals surface area (Å²) in [5.41, 5.74) is 3.29. The zero-order valence-electron chi connectivity index (χ0n) is 16.6. The Bertz CT molecular complexity index is 832. The van der Waals surface area contributed by atoms with Gasteiger partial charge in [0, 0.05) is 45.5 Å². The van der Waals surface area contributed by atoms with Crippen molar-refractivity contribution in [2.24, 2.45) is 0 Å². The first-order valence-electron chi connectivity index (χ1n) is 10.3. The van der Waals surface area contributed by atoms with Crippen LogP contribution in [0.3, 0.4) is 0 Å². The van der Waals surface area contributed by atoms with Crippen LogP contribution < -0.4 is 5.32 Å². The maximum Gasteiger partial charge on any atom is 0.267 e. The summed E-state index contributed by atoms with van der Waals surface area (Å²) in [6, 6.07) is 25.4. The van der Waals surface area contributed by atoms with Gasteiger partial charge in [-0.25, -0.2) is 0 Å². The Morgan fingerprint density at radius 2 is 1.48 bits per heavy atom. The number of carbonyl (C=O) groups excluding carboxylic acids is 1. The van der Waals surface area contributed by atoms with Crippen LogP contribution in [0.15, 0.2) is 79.0 Å². The number of H-pyrrole nitrogens is 1. The van der Waals surface area contributed by atoms with Gasteiger partial charge in [0.15, 0.2) is 0 Å². The molecule has 2 aromatic carbocycles. The Balaban J connectivity index is 1.33. The zero-order valence-corrected chi connectivity index (χ0v) is 16.6. The molecule has 1 amide bonds. The van der Waals surface area contributed by atoms with Gasteiger partial charge in [0.05, 0.1) is 6.04 Å². The maximum absolute atomic E-state index is 12.0. The van der Waals surface area contributed by atoms with E-state index < -0.39 is 0 Å².